The van der Waals surface area contributed by atoms with Gasteiger partial charge in [0.05, 0.1) is 6.10 Å². The summed E-state index contributed by atoms with van der Waals surface area (Å²) in [5.41, 5.74) is 0.178. The predicted molar refractivity (Wildman–Crippen MR) is 114 cm³/mol. The number of Topliss-reactive ketones (excluding diaryl/α,β-unsaturated/α-hetero) is 1. The third kappa shape index (κ3) is 6.52. The van der Waals surface area contributed by atoms with Crippen LogP contribution in [-0.4, -0.2) is 59.1 Å². The zero-order valence-electron chi connectivity index (χ0n) is 18.0. The second kappa shape index (κ2) is 10.4. The molecule has 0 bridgehead atoms. The zero-order valence-corrected chi connectivity index (χ0v) is 19.6. The van der Waals surface area contributed by atoms with Gasteiger partial charge in [-0.1, -0.05) is 27.2 Å². The Hall–Kier alpha value is -0.940. The van der Waals surface area contributed by atoms with E-state index in [1.165, 1.54) is 25.6 Å². The molecule has 1 saturated heterocycles. The summed E-state index contributed by atoms with van der Waals surface area (Å²) in [6.45, 7) is 10.9. The fraction of sp³-hybridized carbons (Fsp3) is 0.789. The molecule has 1 heterocycles. The van der Waals surface area contributed by atoms with Gasteiger partial charge >= 0.3 is 5.97 Å². The van der Waals surface area contributed by atoms with Crippen LogP contribution in [0.15, 0.2) is 10.5 Å². The topological polar surface area (TPSA) is 138 Å². The summed E-state index contributed by atoms with van der Waals surface area (Å²) in [6, 6.07) is 0. The molecule has 0 aromatic heterocycles. The smallest absolute Gasteiger partial charge is 0.332 e. The van der Waals surface area contributed by atoms with Gasteiger partial charge in [-0.05, 0) is 43.4 Å². The number of aliphatic hydroxyl groups is 1. The lowest BCUT2D eigenvalue weighted by Gasteiger charge is -2.41. The molecular formula is C19H34N2O6S2. The van der Waals surface area contributed by atoms with Crippen molar-refractivity contribution in [1.29, 1.82) is 0 Å². The number of carbonyl (C=O) groups excluding carboxylic acids is 1. The Morgan fingerprint density at radius 2 is 1.72 bits per heavy atom. The van der Waals surface area contributed by atoms with E-state index in [1.807, 2.05) is 20.8 Å². The molecule has 1 fully saturated rings. The summed E-state index contributed by atoms with van der Waals surface area (Å²) in [4.78, 5) is 24.7. The lowest BCUT2D eigenvalue weighted by molar-refractivity contribution is -0.132. The molecule has 5 atom stereocenters. The number of carboxylic acid groups (broad SMARTS) is 1. The van der Waals surface area contributed by atoms with E-state index in [4.69, 9.17) is 5.14 Å². The van der Waals surface area contributed by atoms with Crippen LogP contribution in [0.4, 0.5) is 0 Å². The Bertz CT molecular complexity index is 744. The first-order chi connectivity index (χ1) is 13.2. The van der Waals surface area contributed by atoms with Crippen molar-refractivity contribution in [2.45, 2.75) is 59.3 Å². The number of ketones is 1. The molecule has 0 aromatic carbocycles. The van der Waals surface area contributed by atoms with E-state index >= 15 is 0 Å². The molecule has 168 valence electrons. The SMILES string of the molecule is CCC(C)C(C(C)C(SC1CN(S(N)(=O)=O)C1)=C(C)C(=O)O)C(C(C)=O)C(C)O. The summed E-state index contributed by atoms with van der Waals surface area (Å²) < 4.78 is 24.0. The largest absolute Gasteiger partial charge is 0.478 e. The van der Waals surface area contributed by atoms with Crippen LogP contribution in [-0.2, 0) is 19.8 Å². The Morgan fingerprint density at radius 3 is 2.07 bits per heavy atom. The van der Waals surface area contributed by atoms with Crippen LogP contribution in [0.1, 0.15) is 48.0 Å². The maximum atomic E-state index is 12.3. The van der Waals surface area contributed by atoms with Crippen molar-refractivity contribution in [2.75, 3.05) is 13.1 Å². The van der Waals surface area contributed by atoms with Gasteiger partial charge in [0.15, 0.2) is 0 Å². The number of carboxylic acids is 1. The van der Waals surface area contributed by atoms with Gasteiger partial charge in [0.25, 0.3) is 10.2 Å². The molecule has 0 spiro atoms. The van der Waals surface area contributed by atoms with Gasteiger partial charge in [0, 0.05) is 29.8 Å². The van der Waals surface area contributed by atoms with Crippen LogP contribution in [0, 0.1) is 23.7 Å². The van der Waals surface area contributed by atoms with Gasteiger partial charge in [-0.2, -0.15) is 12.7 Å². The quantitative estimate of drug-likeness (QED) is 0.408. The van der Waals surface area contributed by atoms with Crippen molar-refractivity contribution in [1.82, 2.24) is 4.31 Å². The molecule has 0 aromatic rings. The maximum Gasteiger partial charge on any atom is 0.332 e. The number of rotatable bonds is 11. The van der Waals surface area contributed by atoms with Gasteiger partial charge in [-0.3, -0.25) is 4.79 Å². The first-order valence-corrected chi connectivity index (χ1v) is 12.2. The second-order valence-electron chi connectivity index (χ2n) is 8.02. The number of allylic oxidation sites excluding steroid dienone is 1. The Morgan fingerprint density at radius 1 is 1.21 bits per heavy atom. The number of aliphatic carboxylic acids is 1. The van der Waals surface area contributed by atoms with E-state index in [2.05, 4.69) is 0 Å². The lowest BCUT2D eigenvalue weighted by atomic mass is 9.70. The average Bonchev–Trinajstić information content (AvgIpc) is 2.54. The predicted octanol–water partition coefficient (Wildman–Crippen LogP) is 1.85. The summed E-state index contributed by atoms with van der Waals surface area (Å²) in [5, 5.41) is 24.9. The third-order valence-corrected chi connectivity index (χ3v) is 8.44. The summed E-state index contributed by atoms with van der Waals surface area (Å²) in [6.07, 6.45) is -0.0787. The van der Waals surface area contributed by atoms with Crippen molar-refractivity contribution in [3.63, 3.8) is 0 Å². The number of hydrogen-bond donors (Lipinski definition) is 3. The zero-order chi connectivity index (χ0) is 22.7. The number of hydrogen-bond acceptors (Lipinski definition) is 6. The number of thioether (sulfide) groups is 1. The Labute approximate surface area is 178 Å². The fourth-order valence-electron chi connectivity index (χ4n) is 4.04. The fourth-order valence-corrected chi connectivity index (χ4v) is 6.51. The van der Waals surface area contributed by atoms with Gasteiger partial charge in [0.1, 0.15) is 5.78 Å². The Balaban J connectivity index is 3.27. The number of nitrogens with two attached hydrogens (primary N) is 1. The van der Waals surface area contributed by atoms with Gasteiger partial charge in [-0.25, -0.2) is 9.93 Å². The highest BCUT2D eigenvalue weighted by atomic mass is 32.2. The summed E-state index contributed by atoms with van der Waals surface area (Å²) >= 11 is 1.34. The van der Waals surface area contributed by atoms with E-state index in [1.54, 1.807) is 6.92 Å². The van der Waals surface area contributed by atoms with Gasteiger partial charge in [0.2, 0.25) is 0 Å². The van der Waals surface area contributed by atoms with Crippen LogP contribution >= 0.6 is 11.8 Å². The first kappa shape index (κ1) is 26.1. The molecule has 0 radical (unpaired) electrons. The van der Waals surface area contributed by atoms with E-state index in [0.29, 0.717) is 4.91 Å². The minimum atomic E-state index is -3.75. The van der Waals surface area contributed by atoms with Gasteiger partial charge < -0.3 is 10.2 Å². The van der Waals surface area contributed by atoms with Crippen LogP contribution in [0.5, 0.6) is 0 Å². The highest BCUT2D eigenvalue weighted by Crippen LogP contribution is 2.44. The number of carbonyl (C=O) groups is 2. The molecule has 29 heavy (non-hydrogen) atoms. The first-order valence-electron chi connectivity index (χ1n) is 9.79. The van der Waals surface area contributed by atoms with Crippen LogP contribution in [0.25, 0.3) is 0 Å². The minimum absolute atomic E-state index is 0.0769. The molecule has 1 rings (SSSR count). The molecule has 8 nitrogen and oxygen atoms in total. The number of nitrogens with zero attached hydrogens (tertiary/aromatic N) is 1. The molecule has 1 aliphatic rings. The van der Waals surface area contributed by atoms with Crippen molar-refractivity contribution < 1.29 is 28.2 Å². The van der Waals surface area contributed by atoms with Crippen LogP contribution in [0.3, 0.4) is 0 Å². The minimum Gasteiger partial charge on any atom is -0.478 e. The summed E-state index contributed by atoms with van der Waals surface area (Å²) in [7, 11) is -3.75. The van der Waals surface area contributed by atoms with Crippen LogP contribution < -0.4 is 5.14 Å². The maximum absolute atomic E-state index is 12.3. The van der Waals surface area contributed by atoms with Crippen LogP contribution in [0.2, 0.25) is 0 Å². The van der Waals surface area contributed by atoms with Crippen molar-refractivity contribution >= 4 is 33.7 Å². The van der Waals surface area contributed by atoms with E-state index in [-0.39, 0.29) is 47.4 Å². The van der Waals surface area contributed by atoms with E-state index in [0.717, 1.165) is 10.7 Å². The standard InChI is InChI=1S/C19H34N2O6S2/c1-7-10(2)16(17(13(5)22)14(6)23)11(3)18(12(4)19(24)25)28-15-8-21(9-15)29(20,26)27/h10-11,13,15-17,22H,7-9H2,1-6H3,(H,24,25)(H2,20,26,27). The summed E-state index contributed by atoms with van der Waals surface area (Å²) in [5.74, 6) is -2.26. The van der Waals surface area contributed by atoms with Crippen molar-refractivity contribution in [3.8, 4) is 0 Å². The molecule has 1 aliphatic heterocycles. The molecule has 0 aliphatic carbocycles. The monoisotopic (exact) mass is 450 g/mol. The second-order valence-corrected chi connectivity index (χ2v) is 10.9. The molecule has 10 heteroatoms. The highest BCUT2D eigenvalue weighted by Gasteiger charge is 2.41. The van der Waals surface area contributed by atoms with Gasteiger partial charge in [-0.15, -0.1) is 11.8 Å². The molecule has 0 saturated carbocycles. The average molecular weight is 451 g/mol. The van der Waals surface area contributed by atoms with Crippen molar-refractivity contribution in [3.05, 3.63) is 10.5 Å². The third-order valence-electron chi connectivity index (χ3n) is 5.85. The van der Waals surface area contributed by atoms with E-state index < -0.39 is 28.2 Å². The Kier molecular flexibility index (Phi) is 9.35. The normalized spacial score (nSPS) is 22.1. The number of aliphatic hydroxyl groups excluding tert-OH is 1. The molecule has 5 unspecified atom stereocenters. The van der Waals surface area contributed by atoms with Crippen molar-refractivity contribution in [2.24, 2.45) is 28.8 Å². The molecule has 0 amide bonds. The van der Waals surface area contributed by atoms with E-state index in [9.17, 15) is 28.2 Å². The molecule has 4 N–H and O–H groups in total. The highest BCUT2D eigenvalue weighted by molar-refractivity contribution is 8.03. The lowest BCUT2D eigenvalue weighted by Crippen LogP contribution is -2.54. The molecular weight excluding hydrogens is 416 g/mol.